The number of nitrogens with one attached hydrogen (secondary N) is 3. The zero-order chi connectivity index (χ0) is 17.4. The Hall–Kier alpha value is -2.26. The van der Waals surface area contributed by atoms with Crippen molar-refractivity contribution >= 4 is 57.8 Å². The molecule has 2 rings (SSSR count). The van der Waals surface area contributed by atoms with E-state index in [2.05, 4.69) is 38.8 Å². The number of halogens is 1. The predicted molar refractivity (Wildman–Crippen MR) is 106 cm³/mol. The van der Waals surface area contributed by atoms with Gasteiger partial charge in [-0.05, 0) is 58.6 Å². The van der Waals surface area contributed by atoms with Crippen LogP contribution in [0.5, 0.6) is 0 Å². The number of carbonyl (C=O) groups is 2. The zero-order valence-electron chi connectivity index (χ0n) is 12.5. The maximum Gasteiger partial charge on any atom is 0.270 e. The van der Waals surface area contributed by atoms with Crippen LogP contribution in [-0.4, -0.2) is 16.9 Å². The van der Waals surface area contributed by atoms with Gasteiger partial charge < -0.3 is 0 Å². The number of thiocarbonyl (C=S) groups is 1. The highest BCUT2D eigenvalue weighted by atomic mass is 127. The Kier molecular flexibility index (Phi) is 6.89. The van der Waals surface area contributed by atoms with Crippen LogP contribution < -0.4 is 16.2 Å². The smallest absolute Gasteiger partial charge is 0.270 e. The van der Waals surface area contributed by atoms with E-state index in [9.17, 15) is 9.59 Å². The van der Waals surface area contributed by atoms with E-state index in [0.29, 0.717) is 5.56 Å². The van der Waals surface area contributed by atoms with Crippen molar-refractivity contribution in [1.29, 1.82) is 0 Å². The maximum atomic E-state index is 12.0. The second-order valence-electron chi connectivity index (χ2n) is 4.62. The summed E-state index contributed by atoms with van der Waals surface area (Å²) in [4.78, 5) is 23.8. The van der Waals surface area contributed by atoms with E-state index < -0.39 is 0 Å². The van der Waals surface area contributed by atoms with Crippen LogP contribution in [0.2, 0.25) is 0 Å². The monoisotopic (exact) mass is 451 g/mol. The lowest BCUT2D eigenvalue weighted by Gasteiger charge is -2.10. The van der Waals surface area contributed by atoms with Gasteiger partial charge in [0, 0.05) is 9.65 Å². The van der Waals surface area contributed by atoms with Crippen molar-refractivity contribution in [2.45, 2.75) is 0 Å². The van der Waals surface area contributed by atoms with Crippen LogP contribution in [0.25, 0.3) is 6.08 Å². The molecule has 2 aromatic rings. The summed E-state index contributed by atoms with van der Waals surface area (Å²) in [7, 11) is 0. The standard InChI is InChI=1S/C17H14IN3O2S/c18-14-9-5-4-8-13(14)16(23)20-21-17(24)19-15(22)11-10-12-6-2-1-3-7-12/h1-11H,(H,20,23)(H2,19,21,22,24)/b11-10+. The first-order valence-electron chi connectivity index (χ1n) is 6.95. The third-order valence-corrected chi connectivity index (χ3v) is 4.02. The SMILES string of the molecule is O=C(/C=C/c1ccccc1)NC(=S)NNC(=O)c1ccccc1I. The molecule has 0 radical (unpaired) electrons. The molecule has 0 aliphatic rings. The molecule has 0 bridgehead atoms. The Balaban J connectivity index is 1.81. The molecule has 0 spiro atoms. The van der Waals surface area contributed by atoms with Crippen molar-refractivity contribution in [3.63, 3.8) is 0 Å². The topological polar surface area (TPSA) is 70.2 Å². The third-order valence-electron chi connectivity index (χ3n) is 2.87. The molecule has 7 heteroatoms. The van der Waals surface area contributed by atoms with Crippen LogP contribution in [-0.2, 0) is 4.79 Å². The first-order chi connectivity index (χ1) is 11.6. The number of carbonyl (C=O) groups excluding carboxylic acids is 2. The van der Waals surface area contributed by atoms with Crippen molar-refractivity contribution in [1.82, 2.24) is 16.2 Å². The highest BCUT2D eigenvalue weighted by molar-refractivity contribution is 14.1. The van der Waals surface area contributed by atoms with E-state index in [4.69, 9.17) is 12.2 Å². The quantitative estimate of drug-likeness (QED) is 0.291. The van der Waals surface area contributed by atoms with E-state index in [1.54, 1.807) is 18.2 Å². The summed E-state index contributed by atoms with van der Waals surface area (Å²) in [6.45, 7) is 0. The Morgan fingerprint density at radius 2 is 1.62 bits per heavy atom. The van der Waals surface area contributed by atoms with Gasteiger partial charge in [-0.15, -0.1) is 0 Å². The summed E-state index contributed by atoms with van der Waals surface area (Å²) in [6.07, 6.45) is 3.04. The average Bonchev–Trinajstić information content (AvgIpc) is 2.59. The van der Waals surface area contributed by atoms with E-state index in [1.807, 2.05) is 42.5 Å². The third kappa shape index (κ3) is 5.74. The molecule has 2 aromatic carbocycles. The lowest BCUT2D eigenvalue weighted by Crippen LogP contribution is -2.48. The van der Waals surface area contributed by atoms with Gasteiger partial charge in [0.05, 0.1) is 5.56 Å². The lowest BCUT2D eigenvalue weighted by molar-refractivity contribution is -0.115. The minimum Gasteiger partial charge on any atom is -0.298 e. The number of benzene rings is 2. The van der Waals surface area contributed by atoms with Crippen molar-refractivity contribution < 1.29 is 9.59 Å². The number of hydrazine groups is 1. The molecule has 0 fully saturated rings. The van der Waals surface area contributed by atoms with Crippen LogP contribution >= 0.6 is 34.8 Å². The van der Waals surface area contributed by atoms with Crippen molar-refractivity contribution in [2.24, 2.45) is 0 Å². The summed E-state index contributed by atoms with van der Waals surface area (Å²) in [6, 6.07) is 16.5. The molecule has 122 valence electrons. The van der Waals surface area contributed by atoms with Gasteiger partial charge in [-0.3, -0.25) is 25.8 Å². The first-order valence-corrected chi connectivity index (χ1v) is 8.44. The Bertz CT molecular complexity index is 778. The lowest BCUT2D eigenvalue weighted by atomic mass is 10.2. The molecule has 3 N–H and O–H groups in total. The minimum absolute atomic E-state index is 0.0111. The van der Waals surface area contributed by atoms with Gasteiger partial charge in [-0.1, -0.05) is 42.5 Å². The van der Waals surface area contributed by atoms with Gasteiger partial charge in [-0.25, -0.2) is 0 Å². The van der Waals surface area contributed by atoms with Crippen LogP contribution in [0.3, 0.4) is 0 Å². The average molecular weight is 451 g/mol. The highest BCUT2D eigenvalue weighted by Gasteiger charge is 2.09. The fraction of sp³-hybridized carbons (Fsp3) is 0. The van der Waals surface area contributed by atoms with E-state index in [1.165, 1.54) is 6.08 Å². The minimum atomic E-state index is -0.389. The molecular weight excluding hydrogens is 437 g/mol. The summed E-state index contributed by atoms with van der Waals surface area (Å²) in [5.74, 6) is -0.726. The molecule has 0 heterocycles. The van der Waals surface area contributed by atoms with Crippen LogP contribution in [0.1, 0.15) is 15.9 Å². The Morgan fingerprint density at radius 3 is 2.33 bits per heavy atom. The molecule has 0 saturated heterocycles. The largest absolute Gasteiger partial charge is 0.298 e. The summed E-state index contributed by atoms with van der Waals surface area (Å²) in [5, 5.41) is 2.46. The van der Waals surface area contributed by atoms with Crippen LogP contribution in [0.15, 0.2) is 60.7 Å². The molecule has 0 aliphatic carbocycles. The Labute approximate surface area is 158 Å². The van der Waals surface area contributed by atoms with E-state index >= 15 is 0 Å². The van der Waals surface area contributed by atoms with Crippen LogP contribution in [0.4, 0.5) is 0 Å². The normalized spacial score (nSPS) is 10.2. The summed E-state index contributed by atoms with van der Waals surface area (Å²) >= 11 is 7.04. The van der Waals surface area contributed by atoms with E-state index in [0.717, 1.165) is 9.13 Å². The molecule has 0 aliphatic heterocycles. The highest BCUT2D eigenvalue weighted by Crippen LogP contribution is 2.10. The number of amides is 2. The van der Waals surface area contributed by atoms with Crippen molar-refractivity contribution in [3.8, 4) is 0 Å². The second-order valence-corrected chi connectivity index (χ2v) is 6.19. The molecule has 0 saturated carbocycles. The van der Waals surface area contributed by atoms with Gasteiger partial charge in [0.1, 0.15) is 0 Å². The van der Waals surface area contributed by atoms with Crippen LogP contribution in [0, 0.1) is 3.57 Å². The molecule has 0 unspecified atom stereocenters. The molecule has 2 amide bonds. The second kappa shape index (κ2) is 9.14. The van der Waals surface area contributed by atoms with Gasteiger partial charge in [-0.2, -0.15) is 0 Å². The maximum absolute atomic E-state index is 12.0. The number of hydrogen-bond donors (Lipinski definition) is 3. The van der Waals surface area contributed by atoms with Crippen molar-refractivity contribution in [3.05, 3.63) is 75.4 Å². The van der Waals surface area contributed by atoms with Gasteiger partial charge in [0.15, 0.2) is 5.11 Å². The summed E-state index contributed by atoms with van der Waals surface area (Å²) < 4.78 is 0.815. The van der Waals surface area contributed by atoms with Crippen molar-refractivity contribution in [2.75, 3.05) is 0 Å². The molecule has 0 aromatic heterocycles. The number of hydrogen-bond acceptors (Lipinski definition) is 3. The van der Waals surface area contributed by atoms with Gasteiger partial charge in [0.25, 0.3) is 5.91 Å². The summed E-state index contributed by atoms with van der Waals surface area (Å²) in [5.41, 5.74) is 6.36. The Morgan fingerprint density at radius 1 is 0.958 bits per heavy atom. The zero-order valence-corrected chi connectivity index (χ0v) is 15.4. The van der Waals surface area contributed by atoms with Gasteiger partial charge in [0.2, 0.25) is 5.91 Å². The fourth-order valence-electron chi connectivity index (χ4n) is 1.75. The molecule has 5 nitrogen and oxygen atoms in total. The molecule has 24 heavy (non-hydrogen) atoms. The number of rotatable bonds is 3. The first kappa shape index (κ1) is 18.1. The molecular formula is C17H14IN3O2S. The predicted octanol–water partition coefficient (Wildman–Crippen LogP) is 2.64. The fourth-order valence-corrected chi connectivity index (χ4v) is 2.53. The van der Waals surface area contributed by atoms with Gasteiger partial charge >= 0.3 is 0 Å². The molecule has 0 atom stereocenters. The van der Waals surface area contributed by atoms with E-state index in [-0.39, 0.29) is 16.9 Å².